The van der Waals surface area contributed by atoms with Crippen LogP contribution in [-0.2, 0) is 11.3 Å². The van der Waals surface area contributed by atoms with Gasteiger partial charge in [0.15, 0.2) is 0 Å². The van der Waals surface area contributed by atoms with Crippen molar-refractivity contribution in [3.63, 3.8) is 0 Å². The number of anilines is 1. The summed E-state index contributed by atoms with van der Waals surface area (Å²) in [6.07, 6.45) is 1.34. The van der Waals surface area contributed by atoms with Gasteiger partial charge in [0.2, 0.25) is 0 Å². The SMILES string of the molecule is CC1CN(c2ccc(Cl)cc2CNC(C)(C)C)CCCO1. The van der Waals surface area contributed by atoms with Crippen molar-refractivity contribution >= 4 is 17.3 Å². The van der Waals surface area contributed by atoms with Crippen LogP contribution in [0.2, 0.25) is 5.02 Å². The summed E-state index contributed by atoms with van der Waals surface area (Å²) >= 11 is 6.20. The number of rotatable bonds is 3. The highest BCUT2D eigenvalue weighted by molar-refractivity contribution is 6.30. The highest BCUT2D eigenvalue weighted by Crippen LogP contribution is 2.26. The van der Waals surface area contributed by atoms with Gasteiger partial charge in [0, 0.05) is 42.5 Å². The van der Waals surface area contributed by atoms with Crippen molar-refractivity contribution in [3.05, 3.63) is 28.8 Å². The molecule has 3 nitrogen and oxygen atoms in total. The third-order valence-electron chi connectivity index (χ3n) is 3.64. The Bertz CT molecular complexity index is 470. The molecule has 0 saturated carbocycles. The molecule has 1 saturated heterocycles. The Hall–Kier alpha value is -0.770. The lowest BCUT2D eigenvalue weighted by atomic mass is 10.1. The maximum Gasteiger partial charge on any atom is 0.0721 e. The minimum absolute atomic E-state index is 0.0920. The van der Waals surface area contributed by atoms with Crippen LogP contribution >= 0.6 is 11.6 Å². The largest absolute Gasteiger partial charge is 0.377 e. The summed E-state index contributed by atoms with van der Waals surface area (Å²) in [4.78, 5) is 2.42. The lowest BCUT2D eigenvalue weighted by Crippen LogP contribution is -2.36. The summed E-state index contributed by atoms with van der Waals surface area (Å²) in [6.45, 7) is 12.3. The first kappa shape index (κ1) is 16.6. The second-order valence-corrected chi connectivity index (χ2v) is 7.29. The van der Waals surface area contributed by atoms with Crippen molar-refractivity contribution < 1.29 is 4.74 Å². The van der Waals surface area contributed by atoms with Gasteiger partial charge in [-0.25, -0.2) is 0 Å². The van der Waals surface area contributed by atoms with Crippen LogP contribution in [0.4, 0.5) is 5.69 Å². The summed E-state index contributed by atoms with van der Waals surface area (Å²) in [6, 6.07) is 6.19. The molecule has 0 spiro atoms. The molecule has 0 aliphatic carbocycles. The predicted molar refractivity (Wildman–Crippen MR) is 90.3 cm³/mol. The number of nitrogens with one attached hydrogen (secondary N) is 1. The Morgan fingerprint density at radius 3 is 2.86 bits per heavy atom. The van der Waals surface area contributed by atoms with E-state index in [2.05, 4.69) is 50.0 Å². The van der Waals surface area contributed by atoms with E-state index in [0.29, 0.717) is 0 Å². The van der Waals surface area contributed by atoms with Crippen molar-refractivity contribution in [1.82, 2.24) is 5.32 Å². The van der Waals surface area contributed by atoms with Crippen LogP contribution in [0, 0.1) is 0 Å². The van der Waals surface area contributed by atoms with Gasteiger partial charge in [0.1, 0.15) is 0 Å². The number of halogens is 1. The average Bonchev–Trinajstić information content (AvgIpc) is 2.60. The van der Waals surface area contributed by atoms with Crippen LogP contribution in [0.15, 0.2) is 18.2 Å². The van der Waals surface area contributed by atoms with Gasteiger partial charge >= 0.3 is 0 Å². The van der Waals surface area contributed by atoms with E-state index in [0.717, 1.165) is 37.7 Å². The van der Waals surface area contributed by atoms with Crippen LogP contribution in [0.25, 0.3) is 0 Å². The Morgan fingerprint density at radius 1 is 1.38 bits per heavy atom. The summed E-state index contributed by atoms with van der Waals surface area (Å²) < 4.78 is 5.75. The molecule has 0 bridgehead atoms. The third-order valence-corrected chi connectivity index (χ3v) is 3.88. The zero-order valence-electron chi connectivity index (χ0n) is 13.6. The van der Waals surface area contributed by atoms with E-state index in [1.165, 1.54) is 11.3 Å². The van der Waals surface area contributed by atoms with E-state index < -0.39 is 0 Å². The average molecular weight is 311 g/mol. The molecule has 1 atom stereocenters. The topological polar surface area (TPSA) is 24.5 Å². The molecule has 21 heavy (non-hydrogen) atoms. The Kier molecular flexibility index (Phi) is 5.53. The molecule has 1 aromatic carbocycles. The van der Waals surface area contributed by atoms with E-state index in [4.69, 9.17) is 16.3 Å². The molecule has 1 heterocycles. The second-order valence-electron chi connectivity index (χ2n) is 6.86. The van der Waals surface area contributed by atoms with Crippen LogP contribution in [-0.4, -0.2) is 31.3 Å². The molecule has 0 amide bonds. The first-order valence-electron chi connectivity index (χ1n) is 7.75. The molecule has 118 valence electrons. The van der Waals surface area contributed by atoms with E-state index in [1.54, 1.807) is 0 Å². The highest BCUT2D eigenvalue weighted by atomic mass is 35.5. The van der Waals surface area contributed by atoms with Crippen molar-refractivity contribution in [3.8, 4) is 0 Å². The van der Waals surface area contributed by atoms with E-state index in [-0.39, 0.29) is 11.6 Å². The monoisotopic (exact) mass is 310 g/mol. The summed E-state index contributed by atoms with van der Waals surface area (Å²) in [5.74, 6) is 0. The summed E-state index contributed by atoms with van der Waals surface area (Å²) in [5, 5.41) is 4.35. The molecule has 1 aromatic rings. The number of ether oxygens (including phenoxy) is 1. The molecule has 1 N–H and O–H groups in total. The Balaban J connectivity index is 2.21. The fourth-order valence-corrected chi connectivity index (χ4v) is 2.77. The van der Waals surface area contributed by atoms with Crippen LogP contribution in [0.3, 0.4) is 0 Å². The van der Waals surface area contributed by atoms with Crippen molar-refractivity contribution in [2.24, 2.45) is 0 Å². The fraction of sp³-hybridized carbons (Fsp3) is 0.647. The molecule has 2 rings (SSSR count). The summed E-state index contributed by atoms with van der Waals surface area (Å²) in [5.41, 5.74) is 2.62. The van der Waals surface area contributed by atoms with Gasteiger partial charge in [-0.2, -0.15) is 0 Å². The first-order chi connectivity index (χ1) is 9.85. The molecule has 1 aliphatic rings. The van der Waals surface area contributed by atoms with Crippen LogP contribution in [0.1, 0.15) is 39.7 Å². The minimum atomic E-state index is 0.0920. The normalized spacial score (nSPS) is 20.4. The van der Waals surface area contributed by atoms with E-state index in [1.807, 2.05) is 6.07 Å². The Labute approximate surface area is 133 Å². The highest BCUT2D eigenvalue weighted by Gasteiger charge is 2.19. The van der Waals surface area contributed by atoms with Gasteiger partial charge < -0.3 is 15.0 Å². The van der Waals surface area contributed by atoms with Gasteiger partial charge in [-0.15, -0.1) is 0 Å². The number of hydrogen-bond donors (Lipinski definition) is 1. The van der Waals surface area contributed by atoms with Crippen molar-refractivity contribution in [2.45, 2.75) is 52.3 Å². The molecule has 1 fully saturated rings. The maximum atomic E-state index is 6.20. The maximum absolute atomic E-state index is 6.20. The van der Waals surface area contributed by atoms with Gasteiger partial charge in [-0.05, 0) is 57.9 Å². The van der Waals surface area contributed by atoms with Gasteiger partial charge in [-0.1, -0.05) is 11.6 Å². The fourth-order valence-electron chi connectivity index (χ4n) is 2.58. The molecule has 0 radical (unpaired) electrons. The van der Waals surface area contributed by atoms with E-state index >= 15 is 0 Å². The molecular formula is C17H27ClN2O. The lowest BCUT2D eigenvalue weighted by molar-refractivity contribution is 0.0821. The van der Waals surface area contributed by atoms with Crippen LogP contribution in [0.5, 0.6) is 0 Å². The first-order valence-corrected chi connectivity index (χ1v) is 8.13. The van der Waals surface area contributed by atoms with Gasteiger partial charge in [-0.3, -0.25) is 0 Å². The molecule has 4 heteroatoms. The second kappa shape index (κ2) is 6.99. The Morgan fingerprint density at radius 2 is 2.14 bits per heavy atom. The van der Waals surface area contributed by atoms with Crippen LogP contribution < -0.4 is 10.2 Å². The predicted octanol–water partition coefficient (Wildman–Crippen LogP) is 3.84. The number of benzene rings is 1. The smallest absolute Gasteiger partial charge is 0.0721 e. The zero-order valence-corrected chi connectivity index (χ0v) is 14.3. The number of nitrogens with zero attached hydrogens (tertiary/aromatic N) is 1. The lowest BCUT2D eigenvalue weighted by Gasteiger charge is -2.28. The van der Waals surface area contributed by atoms with Crippen molar-refractivity contribution in [1.29, 1.82) is 0 Å². The molecular weight excluding hydrogens is 284 g/mol. The quantitative estimate of drug-likeness (QED) is 0.918. The molecule has 0 aromatic heterocycles. The van der Waals surface area contributed by atoms with Gasteiger partial charge in [0.25, 0.3) is 0 Å². The van der Waals surface area contributed by atoms with E-state index in [9.17, 15) is 0 Å². The van der Waals surface area contributed by atoms with Crippen molar-refractivity contribution in [2.75, 3.05) is 24.6 Å². The molecule has 1 unspecified atom stereocenters. The summed E-state index contributed by atoms with van der Waals surface area (Å²) in [7, 11) is 0. The molecule has 1 aliphatic heterocycles. The standard InChI is InChI=1S/C17H27ClN2O/c1-13-12-20(8-5-9-21-13)16-7-6-15(18)10-14(16)11-19-17(2,3)4/h6-7,10,13,19H,5,8-9,11-12H2,1-4H3. The zero-order chi connectivity index (χ0) is 15.5. The minimum Gasteiger partial charge on any atom is -0.377 e. The van der Waals surface area contributed by atoms with Gasteiger partial charge in [0.05, 0.1) is 6.10 Å². The third kappa shape index (κ3) is 5.17. The number of hydrogen-bond acceptors (Lipinski definition) is 3.